The molecule has 0 aromatic carbocycles. The van der Waals surface area contributed by atoms with E-state index in [2.05, 4.69) is 31.2 Å². The first-order valence-electron chi connectivity index (χ1n) is 4.53. The quantitative estimate of drug-likeness (QED) is 0.653. The van der Waals surface area contributed by atoms with Crippen LogP contribution in [0.2, 0.25) is 0 Å². The van der Waals surface area contributed by atoms with Gasteiger partial charge in [0.15, 0.2) is 0 Å². The van der Waals surface area contributed by atoms with Gasteiger partial charge in [-0.05, 0) is 34.5 Å². The lowest BCUT2D eigenvalue weighted by Gasteiger charge is -2.02. The number of aromatic nitrogens is 1. The molecule has 0 aliphatic rings. The number of anilines is 1. The van der Waals surface area contributed by atoms with Crippen LogP contribution in [0.25, 0.3) is 0 Å². The molecule has 0 atom stereocenters. The van der Waals surface area contributed by atoms with Crippen LogP contribution < -0.4 is 5.32 Å². The Balaban J connectivity index is 0.000000791. The zero-order valence-corrected chi connectivity index (χ0v) is 10.6. The molecule has 0 unspecified atom stereocenters. The highest BCUT2D eigenvalue weighted by Crippen LogP contribution is 2.15. The van der Waals surface area contributed by atoms with Gasteiger partial charge in [0.1, 0.15) is 5.82 Å². The molecular formula is C10H16BrN3. The minimum atomic E-state index is 0.837. The van der Waals surface area contributed by atoms with E-state index in [0.29, 0.717) is 0 Å². The molecule has 1 N–H and O–H groups in total. The minimum absolute atomic E-state index is 0.837. The molecule has 1 rings (SSSR count). The van der Waals surface area contributed by atoms with E-state index in [1.807, 2.05) is 26.8 Å². The predicted molar refractivity (Wildman–Crippen MR) is 66.1 cm³/mol. The standard InChI is InChI=1S/C8H10BrN3.C2H6/c1-6-3-7(9)4-11-8(6)12-5-10-2;1-2/h3-5H,1-2H3,(H,10,11,12);1-2H3. The molecule has 0 fully saturated rings. The molecule has 0 saturated heterocycles. The highest BCUT2D eigenvalue weighted by molar-refractivity contribution is 9.10. The summed E-state index contributed by atoms with van der Waals surface area (Å²) >= 11 is 3.34. The number of nitrogens with zero attached hydrogens (tertiary/aromatic N) is 2. The first-order valence-corrected chi connectivity index (χ1v) is 5.32. The van der Waals surface area contributed by atoms with Crippen LogP contribution in [-0.2, 0) is 0 Å². The SMILES string of the molecule is CC.CN=CNc1ncc(Br)cc1C. The van der Waals surface area contributed by atoms with E-state index in [1.54, 1.807) is 19.6 Å². The van der Waals surface area contributed by atoms with Crippen LogP contribution in [0.3, 0.4) is 0 Å². The lowest BCUT2D eigenvalue weighted by molar-refractivity contribution is 1.25. The van der Waals surface area contributed by atoms with Gasteiger partial charge in [-0.25, -0.2) is 4.98 Å². The number of aliphatic imine (C=N–C) groups is 1. The van der Waals surface area contributed by atoms with Crippen LogP contribution in [0.5, 0.6) is 0 Å². The summed E-state index contributed by atoms with van der Waals surface area (Å²) in [6.07, 6.45) is 3.36. The topological polar surface area (TPSA) is 37.3 Å². The molecule has 1 aromatic rings. The van der Waals surface area contributed by atoms with Crippen molar-refractivity contribution in [2.45, 2.75) is 20.8 Å². The third-order valence-electron chi connectivity index (χ3n) is 1.38. The molecule has 0 amide bonds. The van der Waals surface area contributed by atoms with Crippen molar-refractivity contribution in [3.63, 3.8) is 0 Å². The predicted octanol–water partition coefficient (Wildman–Crippen LogP) is 3.25. The average molecular weight is 258 g/mol. The van der Waals surface area contributed by atoms with Crippen molar-refractivity contribution >= 4 is 28.1 Å². The molecule has 0 bridgehead atoms. The van der Waals surface area contributed by atoms with Gasteiger partial charge in [-0.2, -0.15) is 0 Å². The summed E-state index contributed by atoms with van der Waals surface area (Å²) in [6.45, 7) is 5.99. The van der Waals surface area contributed by atoms with Crippen molar-refractivity contribution in [3.8, 4) is 0 Å². The number of rotatable bonds is 2. The Bertz CT molecular complexity index is 297. The zero-order valence-electron chi connectivity index (χ0n) is 9.00. The van der Waals surface area contributed by atoms with Crippen molar-refractivity contribution < 1.29 is 0 Å². The van der Waals surface area contributed by atoms with Gasteiger partial charge in [0.05, 0.1) is 6.34 Å². The number of aryl methyl sites for hydroxylation is 1. The third-order valence-corrected chi connectivity index (χ3v) is 1.81. The first kappa shape index (κ1) is 13.1. The van der Waals surface area contributed by atoms with Crippen LogP contribution in [0.4, 0.5) is 5.82 Å². The van der Waals surface area contributed by atoms with Gasteiger partial charge in [0.2, 0.25) is 0 Å². The van der Waals surface area contributed by atoms with Crippen molar-refractivity contribution in [2.75, 3.05) is 12.4 Å². The van der Waals surface area contributed by atoms with Crippen LogP contribution in [0.1, 0.15) is 19.4 Å². The van der Waals surface area contributed by atoms with E-state index in [1.165, 1.54) is 0 Å². The van der Waals surface area contributed by atoms with Crippen molar-refractivity contribution in [2.24, 2.45) is 4.99 Å². The van der Waals surface area contributed by atoms with Crippen LogP contribution in [0.15, 0.2) is 21.7 Å². The van der Waals surface area contributed by atoms with Crippen LogP contribution >= 0.6 is 15.9 Å². The van der Waals surface area contributed by atoms with Gasteiger partial charge in [-0.3, -0.25) is 4.99 Å². The summed E-state index contributed by atoms with van der Waals surface area (Å²) < 4.78 is 0.985. The summed E-state index contributed by atoms with van der Waals surface area (Å²) in [5.74, 6) is 0.837. The average Bonchev–Trinajstić information content (AvgIpc) is 2.20. The fourth-order valence-corrected chi connectivity index (χ4v) is 1.26. The maximum Gasteiger partial charge on any atom is 0.133 e. The molecular weight excluding hydrogens is 242 g/mol. The van der Waals surface area contributed by atoms with E-state index in [4.69, 9.17) is 0 Å². The fraction of sp³-hybridized carbons (Fsp3) is 0.400. The molecule has 1 heterocycles. The molecule has 0 radical (unpaired) electrons. The van der Waals surface area contributed by atoms with E-state index in [-0.39, 0.29) is 0 Å². The molecule has 1 aromatic heterocycles. The Hall–Kier alpha value is -0.900. The number of nitrogens with one attached hydrogen (secondary N) is 1. The van der Waals surface area contributed by atoms with Crippen LogP contribution in [-0.4, -0.2) is 18.4 Å². The molecule has 14 heavy (non-hydrogen) atoms. The Morgan fingerprint density at radius 1 is 1.50 bits per heavy atom. The summed E-state index contributed by atoms with van der Waals surface area (Å²) in [6, 6.07) is 2.00. The highest BCUT2D eigenvalue weighted by atomic mass is 79.9. The number of pyridine rings is 1. The molecule has 78 valence electrons. The Kier molecular flexibility index (Phi) is 7.02. The van der Waals surface area contributed by atoms with Gasteiger partial charge < -0.3 is 5.32 Å². The molecule has 0 aliphatic carbocycles. The monoisotopic (exact) mass is 257 g/mol. The molecule has 0 saturated carbocycles. The van der Waals surface area contributed by atoms with Crippen LogP contribution in [0, 0.1) is 6.92 Å². The fourth-order valence-electron chi connectivity index (χ4n) is 0.817. The number of hydrogen-bond acceptors (Lipinski definition) is 2. The van der Waals surface area contributed by atoms with E-state index in [9.17, 15) is 0 Å². The summed E-state index contributed by atoms with van der Waals surface area (Å²) in [4.78, 5) is 7.97. The largest absolute Gasteiger partial charge is 0.331 e. The van der Waals surface area contributed by atoms with Gasteiger partial charge in [-0.15, -0.1) is 0 Å². The maximum atomic E-state index is 4.17. The maximum absolute atomic E-state index is 4.17. The van der Waals surface area contributed by atoms with Gasteiger partial charge in [0.25, 0.3) is 0 Å². The summed E-state index contributed by atoms with van der Waals surface area (Å²) in [7, 11) is 1.71. The van der Waals surface area contributed by atoms with Crippen molar-refractivity contribution in [1.82, 2.24) is 4.98 Å². The van der Waals surface area contributed by atoms with Crippen molar-refractivity contribution in [1.29, 1.82) is 0 Å². The lowest BCUT2D eigenvalue weighted by Crippen LogP contribution is -1.99. The number of halogens is 1. The Labute approximate surface area is 93.8 Å². The highest BCUT2D eigenvalue weighted by Gasteiger charge is 1.96. The summed E-state index contributed by atoms with van der Waals surface area (Å²) in [5.41, 5.74) is 1.09. The lowest BCUT2D eigenvalue weighted by atomic mass is 10.3. The normalized spacial score (nSPS) is 9.50. The summed E-state index contributed by atoms with van der Waals surface area (Å²) in [5, 5.41) is 2.97. The van der Waals surface area contributed by atoms with E-state index < -0.39 is 0 Å². The van der Waals surface area contributed by atoms with Crippen molar-refractivity contribution in [3.05, 3.63) is 22.3 Å². The Morgan fingerprint density at radius 2 is 2.14 bits per heavy atom. The minimum Gasteiger partial charge on any atom is -0.331 e. The molecule has 0 spiro atoms. The second-order valence-corrected chi connectivity index (χ2v) is 3.27. The van der Waals surface area contributed by atoms with Gasteiger partial charge >= 0.3 is 0 Å². The smallest absolute Gasteiger partial charge is 0.133 e. The van der Waals surface area contributed by atoms with E-state index in [0.717, 1.165) is 15.9 Å². The van der Waals surface area contributed by atoms with Gasteiger partial charge in [0, 0.05) is 17.7 Å². The first-order chi connectivity index (χ1) is 6.74. The molecule has 4 heteroatoms. The molecule has 0 aliphatic heterocycles. The number of hydrogen-bond donors (Lipinski definition) is 1. The van der Waals surface area contributed by atoms with E-state index >= 15 is 0 Å². The zero-order chi connectivity index (χ0) is 11.0. The second kappa shape index (κ2) is 7.50. The third kappa shape index (κ3) is 4.37. The second-order valence-electron chi connectivity index (χ2n) is 2.35. The molecule has 3 nitrogen and oxygen atoms in total. The Morgan fingerprint density at radius 3 is 2.64 bits per heavy atom. The van der Waals surface area contributed by atoms with Gasteiger partial charge in [-0.1, -0.05) is 13.8 Å².